The Labute approximate surface area is 115 Å². The molecule has 1 aromatic carbocycles. The molecule has 7 heteroatoms. The van der Waals surface area contributed by atoms with Crippen molar-refractivity contribution in [3.8, 4) is 0 Å². The van der Waals surface area contributed by atoms with Gasteiger partial charge in [-0.15, -0.1) is 34.8 Å². The number of alkyl halides is 3. The van der Waals surface area contributed by atoms with Gasteiger partial charge in [-0.25, -0.2) is 0 Å². The van der Waals surface area contributed by atoms with E-state index in [4.69, 9.17) is 39.4 Å². The molecule has 1 rings (SSSR count). The third-order valence-corrected chi connectivity index (χ3v) is 4.93. The maximum absolute atomic E-state index is 10.9. The molecular formula is C10H11Cl3O3S. The first kappa shape index (κ1) is 15.1. The Balaban J connectivity index is 3.18. The maximum Gasteiger partial charge on any atom is 0.294 e. The standard InChI is InChI=1S/C10H11Cl3O3S/c11-5-10(6-12,7-13)8-1-3-9(4-2-8)17(14,15)16/h1-4H,5-7H2,(H,14,15,16). The Morgan fingerprint density at radius 1 is 1.00 bits per heavy atom. The zero-order valence-electron chi connectivity index (χ0n) is 8.74. The summed E-state index contributed by atoms with van der Waals surface area (Å²) in [4.78, 5) is -0.172. The van der Waals surface area contributed by atoms with Crippen molar-refractivity contribution in [3.63, 3.8) is 0 Å². The van der Waals surface area contributed by atoms with E-state index in [1.54, 1.807) is 12.1 Å². The molecule has 0 saturated carbocycles. The monoisotopic (exact) mass is 316 g/mol. The van der Waals surface area contributed by atoms with Gasteiger partial charge in [-0.05, 0) is 17.7 Å². The van der Waals surface area contributed by atoms with Gasteiger partial charge in [0, 0.05) is 23.1 Å². The SMILES string of the molecule is O=S(=O)(O)c1ccc(C(CCl)(CCl)CCl)cc1. The van der Waals surface area contributed by atoms with Crippen molar-refractivity contribution < 1.29 is 13.0 Å². The van der Waals surface area contributed by atoms with Gasteiger partial charge in [-0.2, -0.15) is 8.42 Å². The van der Waals surface area contributed by atoms with E-state index < -0.39 is 15.5 Å². The highest BCUT2D eigenvalue weighted by Crippen LogP contribution is 2.29. The molecule has 0 bridgehead atoms. The molecule has 0 atom stereocenters. The van der Waals surface area contributed by atoms with Crippen molar-refractivity contribution in [1.29, 1.82) is 0 Å². The summed E-state index contributed by atoms with van der Waals surface area (Å²) >= 11 is 17.6. The van der Waals surface area contributed by atoms with Crippen molar-refractivity contribution in [2.75, 3.05) is 17.6 Å². The summed E-state index contributed by atoms with van der Waals surface area (Å²) in [5.41, 5.74) is 0.146. The van der Waals surface area contributed by atoms with Crippen LogP contribution in [0.25, 0.3) is 0 Å². The highest BCUT2D eigenvalue weighted by molar-refractivity contribution is 7.85. The number of halogens is 3. The second-order valence-electron chi connectivity index (χ2n) is 3.68. The van der Waals surface area contributed by atoms with Crippen LogP contribution in [0.1, 0.15) is 5.56 Å². The van der Waals surface area contributed by atoms with Gasteiger partial charge < -0.3 is 0 Å². The molecular weight excluding hydrogens is 307 g/mol. The molecule has 0 saturated heterocycles. The molecule has 0 spiro atoms. The van der Waals surface area contributed by atoms with Crippen LogP contribution >= 0.6 is 34.8 Å². The minimum Gasteiger partial charge on any atom is -0.282 e. The minimum atomic E-state index is -4.18. The van der Waals surface area contributed by atoms with Crippen LogP contribution in [0, 0.1) is 0 Å². The highest BCUT2D eigenvalue weighted by Gasteiger charge is 2.30. The molecule has 1 aromatic rings. The van der Waals surface area contributed by atoms with Gasteiger partial charge in [0.15, 0.2) is 0 Å². The average molecular weight is 318 g/mol. The molecule has 0 aliphatic carbocycles. The van der Waals surface area contributed by atoms with E-state index in [1.165, 1.54) is 12.1 Å². The maximum atomic E-state index is 10.9. The van der Waals surface area contributed by atoms with Crippen LogP contribution < -0.4 is 0 Å². The molecule has 0 fully saturated rings. The quantitative estimate of drug-likeness (QED) is 0.671. The largest absolute Gasteiger partial charge is 0.294 e. The van der Waals surface area contributed by atoms with Gasteiger partial charge in [0.1, 0.15) is 0 Å². The van der Waals surface area contributed by atoms with Gasteiger partial charge in [-0.1, -0.05) is 12.1 Å². The van der Waals surface area contributed by atoms with E-state index in [2.05, 4.69) is 0 Å². The van der Waals surface area contributed by atoms with Crippen LogP contribution in [0.5, 0.6) is 0 Å². The molecule has 0 unspecified atom stereocenters. The summed E-state index contributed by atoms with van der Waals surface area (Å²) in [6.07, 6.45) is 0. The fourth-order valence-corrected chi connectivity index (χ4v) is 3.12. The molecule has 3 nitrogen and oxygen atoms in total. The molecule has 0 aliphatic rings. The van der Waals surface area contributed by atoms with Crippen LogP contribution in [-0.2, 0) is 15.5 Å². The zero-order valence-corrected chi connectivity index (χ0v) is 11.8. The van der Waals surface area contributed by atoms with Crippen molar-refractivity contribution in [3.05, 3.63) is 29.8 Å². The molecule has 1 N–H and O–H groups in total. The normalized spacial score (nSPS) is 12.7. The van der Waals surface area contributed by atoms with Gasteiger partial charge in [0.25, 0.3) is 10.1 Å². The second kappa shape index (κ2) is 5.76. The first-order valence-corrected chi connectivity index (χ1v) is 7.70. The highest BCUT2D eigenvalue weighted by atomic mass is 35.5. The van der Waals surface area contributed by atoms with Crippen molar-refractivity contribution in [2.24, 2.45) is 0 Å². The second-order valence-corrected chi connectivity index (χ2v) is 5.90. The van der Waals surface area contributed by atoms with Crippen LogP contribution in [0.3, 0.4) is 0 Å². The lowest BCUT2D eigenvalue weighted by atomic mass is 9.86. The Morgan fingerprint density at radius 3 is 1.71 bits per heavy atom. The van der Waals surface area contributed by atoms with E-state index in [0.29, 0.717) is 0 Å². The predicted octanol–water partition coefficient (Wildman–Crippen LogP) is 2.89. The number of rotatable bonds is 5. The Kier molecular flexibility index (Phi) is 5.10. The van der Waals surface area contributed by atoms with E-state index in [9.17, 15) is 8.42 Å². The van der Waals surface area contributed by atoms with Crippen LogP contribution in [-0.4, -0.2) is 30.6 Å². The molecule has 17 heavy (non-hydrogen) atoms. The smallest absolute Gasteiger partial charge is 0.282 e. The minimum absolute atomic E-state index is 0.172. The van der Waals surface area contributed by atoms with Gasteiger partial charge in [0.05, 0.1) is 4.90 Å². The molecule has 0 aliphatic heterocycles. The van der Waals surface area contributed by atoms with Gasteiger partial charge in [-0.3, -0.25) is 4.55 Å². The lowest BCUT2D eigenvalue weighted by Gasteiger charge is -2.27. The van der Waals surface area contributed by atoms with Crippen LogP contribution in [0.4, 0.5) is 0 Å². The number of hydrogen-bond acceptors (Lipinski definition) is 2. The Morgan fingerprint density at radius 2 is 1.41 bits per heavy atom. The third kappa shape index (κ3) is 3.26. The van der Waals surface area contributed by atoms with Crippen molar-refractivity contribution in [2.45, 2.75) is 10.3 Å². The molecule has 0 radical (unpaired) electrons. The summed E-state index contributed by atoms with van der Waals surface area (Å²) in [5.74, 6) is 0.682. The summed E-state index contributed by atoms with van der Waals surface area (Å²) in [5, 5.41) is 0. The summed E-state index contributed by atoms with van der Waals surface area (Å²) in [6.45, 7) is 0. The Hall–Kier alpha value is -0.000000000000000167. The van der Waals surface area contributed by atoms with E-state index in [1.807, 2.05) is 0 Å². The van der Waals surface area contributed by atoms with Gasteiger partial charge in [0.2, 0.25) is 0 Å². The third-order valence-electron chi connectivity index (χ3n) is 2.53. The average Bonchev–Trinajstić information content (AvgIpc) is 2.32. The Bertz CT molecular complexity index is 458. The van der Waals surface area contributed by atoms with E-state index in [0.717, 1.165) is 5.56 Å². The molecule has 0 amide bonds. The first-order valence-electron chi connectivity index (χ1n) is 4.65. The first-order chi connectivity index (χ1) is 7.89. The van der Waals surface area contributed by atoms with Crippen LogP contribution in [0.2, 0.25) is 0 Å². The summed E-state index contributed by atoms with van der Waals surface area (Å²) in [7, 11) is -4.18. The predicted molar refractivity (Wildman–Crippen MR) is 70.1 cm³/mol. The topological polar surface area (TPSA) is 54.4 Å². The lowest BCUT2D eigenvalue weighted by molar-refractivity contribution is 0.483. The van der Waals surface area contributed by atoms with E-state index >= 15 is 0 Å². The zero-order chi connectivity index (χ0) is 13.1. The fourth-order valence-electron chi connectivity index (χ4n) is 1.32. The fraction of sp³-hybridized carbons (Fsp3) is 0.400. The molecule has 0 heterocycles. The molecule has 0 aromatic heterocycles. The van der Waals surface area contributed by atoms with Gasteiger partial charge >= 0.3 is 0 Å². The summed E-state index contributed by atoms with van der Waals surface area (Å²) < 4.78 is 30.6. The summed E-state index contributed by atoms with van der Waals surface area (Å²) in [6, 6.07) is 5.70. The number of benzene rings is 1. The molecule has 96 valence electrons. The van der Waals surface area contributed by atoms with E-state index in [-0.39, 0.29) is 22.5 Å². The van der Waals surface area contributed by atoms with Crippen LogP contribution in [0.15, 0.2) is 29.2 Å². The lowest BCUT2D eigenvalue weighted by Crippen LogP contribution is -2.32. The number of hydrogen-bond donors (Lipinski definition) is 1. The van der Waals surface area contributed by atoms with Crippen molar-refractivity contribution in [1.82, 2.24) is 0 Å². The van der Waals surface area contributed by atoms with Crippen molar-refractivity contribution >= 4 is 44.9 Å².